The zero-order valence-corrected chi connectivity index (χ0v) is 13.4. The normalized spacial score (nSPS) is 13.0. The monoisotopic (exact) mass is 359 g/mol. The molecule has 1 heterocycles. The third-order valence-electron chi connectivity index (χ3n) is 3.54. The maximum absolute atomic E-state index is 13.6. The van der Waals surface area contributed by atoms with Crippen molar-refractivity contribution in [1.29, 1.82) is 0 Å². The molecule has 0 saturated heterocycles. The summed E-state index contributed by atoms with van der Waals surface area (Å²) in [7, 11) is 0. The van der Waals surface area contributed by atoms with E-state index in [1.165, 1.54) is 36.4 Å². The Balaban J connectivity index is 1.69. The molecule has 3 rings (SSSR count). The molecule has 0 unspecified atom stereocenters. The number of anilines is 1. The molecule has 134 valence electrons. The van der Waals surface area contributed by atoms with E-state index in [-0.39, 0.29) is 24.8 Å². The molecule has 0 fully saturated rings. The minimum absolute atomic E-state index is 0.0465. The van der Waals surface area contributed by atoms with Gasteiger partial charge in [-0.15, -0.1) is 0 Å². The number of amides is 1. The number of hydrazine groups is 1. The van der Waals surface area contributed by atoms with Crippen molar-refractivity contribution < 1.29 is 23.6 Å². The van der Waals surface area contributed by atoms with Gasteiger partial charge in [0, 0.05) is 23.3 Å². The highest BCUT2D eigenvalue weighted by molar-refractivity contribution is 5.93. The summed E-state index contributed by atoms with van der Waals surface area (Å²) in [5, 5.41) is 10.9. The number of rotatable bonds is 5. The van der Waals surface area contributed by atoms with Gasteiger partial charge >= 0.3 is 0 Å². The molecule has 2 aromatic rings. The lowest BCUT2D eigenvalue weighted by Gasteiger charge is -2.19. The summed E-state index contributed by atoms with van der Waals surface area (Å²) in [4.78, 5) is 22.3. The molecule has 0 radical (unpaired) electrons. The van der Waals surface area contributed by atoms with Crippen LogP contribution in [0.3, 0.4) is 0 Å². The number of carbonyl (C=O) groups excluding carboxylic acids is 1. The molecule has 26 heavy (non-hydrogen) atoms. The number of halogens is 1. The molecule has 0 saturated carbocycles. The van der Waals surface area contributed by atoms with Crippen LogP contribution >= 0.6 is 0 Å². The van der Waals surface area contributed by atoms with E-state index >= 15 is 0 Å². The Labute approximate surface area is 147 Å². The summed E-state index contributed by atoms with van der Waals surface area (Å²) in [6.07, 6.45) is 2.55. The summed E-state index contributed by atoms with van der Waals surface area (Å²) in [6.45, 7) is 0.268. The van der Waals surface area contributed by atoms with Gasteiger partial charge in [0.25, 0.3) is 11.6 Å². The number of benzene rings is 2. The second-order valence-corrected chi connectivity index (χ2v) is 5.32. The van der Waals surface area contributed by atoms with E-state index in [0.717, 1.165) is 6.08 Å². The molecule has 8 nitrogen and oxygen atoms in total. The van der Waals surface area contributed by atoms with E-state index in [2.05, 4.69) is 10.9 Å². The summed E-state index contributed by atoms with van der Waals surface area (Å²) < 4.78 is 24.1. The SMILES string of the molecule is O=C(/C=C/c1cc(F)cc2c1OCOC2)NNc1ccccc1[N+](=O)[O-]. The lowest BCUT2D eigenvalue weighted by molar-refractivity contribution is -0.384. The Morgan fingerprint density at radius 2 is 2.12 bits per heavy atom. The smallest absolute Gasteiger partial charge is 0.294 e. The predicted molar refractivity (Wildman–Crippen MR) is 90.6 cm³/mol. The van der Waals surface area contributed by atoms with E-state index < -0.39 is 16.6 Å². The lowest BCUT2D eigenvalue weighted by atomic mass is 10.1. The fourth-order valence-electron chi connectivity index (χ4n) is 2.41. The molecule has 1 aliphatic heterocycles. The molecule has 1 amide bonds. The molecule has 0 aliphatic carbocycles. The van der Waals surface area contributed by atoms with Crippen LogP contribution in [0.5, 0.6) is 5.75 Å². The summed E-state index contributed by atoms with van der Waals surface area (Å²) >= 11 is 0. The molecular weight excluding hydrogens is 345 g/mol. The van der Waals surface area contributed by atoms with Crippen LogP contribution < -0.4 is 15.6 Å². The van der Waals surface area contributed by atoms with E-state index in [1.807, 2.05) is 0 Å². The van der Waals surface area contributed by atoms with Gasteiger partial charge in [0.05, 0.1) is 11.5 Å². The first-order valence-electron chi connectivity index (χ1n) is 7.55. The first-order valence-corrected chi connectivity index (χ1v) is 7.55. The van der Waals surface area contributed by atoms with Gasteiger partial charge in [-0.05, 0) is 24.3 Å². The number of carbonyl (C=O) groups is 1. The van der Waals surface area contributed by atoms with Gasteiger partial charge in [0.1, 0.15) is 17.3 Å². The molecule has 9 heteroatoms. The third-order valence-corrected chi connectivity index (χ3v) is 3.54. The maximum atomic E-state index is 13.6. The Morgan fingerprint density at radius 3 is 2.92 bits per heavy atom. The van der Waals surface area contributed by atoms with Crippen LogP contribution in [-0.4, -0.2) is 17.6 Å². The lowest BCUT2D eigenvalue weighted by Crippen LogP contribution is -2.27. The average molecular weight is 359 g/mol. The van der Waals surface area contributed by atoms with Crippen LogP contribution in [0.15, 0.2) is 42.5 Å². The van der Waals surface area contributed by atoms with Crippen LogP contribution in [0.25, 0.3) is 6.08 Å². The van der Waals surface area contributed by atoms with Crippen molar-refractivity contribution >= 4 is 23.4 Å². The van der Waals surface area contributed by atoms with Crippen molar-refractivity contribution in [3.63, 3.8) is 0 Å². The number of nitrogens with zero attached hydrogens (tertiary/aromatic N) is 1. The summed E-state index contributed by atoms with van der Waals surface area (Å²) in [5.74, 6) is -0.600. The second-order valence-electron chi connectivity index (χ2n) is 5.32. The first-order chi connectivity index (χ1) is 12.5. The van der Waals surface area contributed by atoms with Crippen LogP contribution in [-0.2, 0) is 16.1 Å². The fraction of sp³-hybridized carbons (Fsp3) is 0.118. The third kappa shape index (κ3) is 3.95. The topological polar surface area (TPSA) is 103 Å². The van der Waals surface area contributed by atoms with E-state index in [0.29, 0.717) is 16.9 Å². The van der Waals surface area contributed by atoms with E-state index in [9.17, 15) is 19.3 Å². The van der Waals surface area contributed by atoms with Gasteiger partial charge in [-0.3, -0.25) is 25.8 Å². The number of hydrogen-bond donors (Lipinski definition) is 2. The van der Waals surface area contributed by atoms with Crippen molar-refractivity contribution in [1.82, 2.24) is 5.43 Å². The number of para-hydroxylation sites is 2. The molecule has 0 spiro atoms. The summed E-state index contributed by atoms with van der Waals surface area (Å²) in [6, 6.07) is 8.42. The Morgan fingerprint density at radius 1 is 1.31 bits per heavy atom. The van der Waals surface area contributed by atoms with E-state index in [4.69, 9.17) is 9.47 Å². The van der Waals surface area contributed by atoms with Crippen molar-refractivity contribution in [2.24, 2.45) is 0 Å². The van der Waals surface area contributed by atoms with Crippen molar-refractivity contribution in [3.8, 4) is 5.75 Å². The number of nitro benzene ring substituents is 1. The zero-order valence-electron chi connectivity index (χ0n) is 13.4. The second kappa shape index (κ2) is 7.62. The van der Waals surface area contributed by atoms with Crippen molar-refractivity contribution in [3.05, 3.63) is 69.5 Å². The average Bonchev–Trinajstić information content (AvgIpc) is 2.64. The van der Waals surface area contributed by atoms with Crippen LogP contribution in [0, 0.1) is 15.9 Å². The number of ether oxygens (including phenoxy) is 2. The molecule has 1 aliphatic rings. The maximum Gasteiger partial charge on any atom is 0.294 e. The first kappa shape index (κ1) is 17.4. The van der Waals surface area contributed by atoms with Gasteiger partial charge < -0.3 is 9.47 Å². The van der Waals surface area contributed by atoms with Gasteiger partial charge in [-0.1, -0.05) is 12.1 Å². The zero-order chi connectivity index (χ0) is 18.5. The summed E-state index contributed by atoms with van der Waals surface area (Å²) in [5.41, 5.74) is 5.71. The van der Waals surface area contributed by atoms with Gasteiger partial charge in [0.2, 0.25) is 0 Å². The van der Waals surface area contributed by atoms with Crippen molar-refractivity contribution in [2.75, 3.05) is 12.2 Å². The highest BCUT2D eigenvalue weighted by Gasteiger charge is 2.16. The standard InChI is InChI=1S/C17H14FN3O5/c18-13-7-11(17-12(8-13)9-25-10-26-17)5-6-16(22)20-19-14-3-1-2-4-15(14)21(23)24/h1-8,19H,9-10H2,(H,20,22)/b6-5+. The van der Waals surface area contributed by atoms with Gasteiger partial charge in [-0.2, -0.15) is 0 Å². The number of fused-ring (bicyclic) bond motifs is 1. The fourth-order valence-corrected chi connectivity index (χ4v) is 2.41. The Bertz CT molecular complexity index is 885. The highest BCUT2D eigenvalue weighted by atomic mass is 19.1. The molecule has 0 bridgehead atoms. The molecule has 2 N–H and O–H groups in total. The van der Waals surface area contributed by atoms with E-state index in [1.54, 1.807) is 6.07 Å². The molecule has 0 aromatic heterocycles. The molecular formula is C17H14FN3O5. The minimum atomic E-state index is -0.576. The predicted octanol–water partition coefficient (Wildman–Crippen LogP) is 2.76. The molecule has 2 aromatic carbocycles. The number of hydrogen-bond acceptors (Lipinski definition) is 6. The Kier molecular flexibility index (Phi) is 5.09. The van der Waals surface area contributed by atoms with Gasteiger partial charge in [-0.25, -0.2) is 4.39 Å². The minimum Gasteiger partial charge on any atom is -0.467 e. The van der Waals surface area contributed by atoms with Crippen molar-refractivity contribution in [2.45, 2.75) is 6.61 Å². The van der Waals surface area contributed by atoms with Crippen LogP contribution in [0.4, 0.5) is 15.8 Å². The molecule has 0 atom stereocenters. The van der Waals surface area contributed by atoms with Crippen LogP contribution in [0.2, 0.25) is 0 Å². The largest absolute Gasteiger partial charge is 0.467 e. The Hall–Kier alpha value is -3.46. The van der Waals surface area contributed by atoms with Gasteiger partial charge in [0.15, 0.2) is 6.79 Å². The highest BCUT2D eigenvalue weighted by Crippen LogP contribution is 2.30. The van der Waals surface area contributed by atoms with Crippen LogP contribution in [0.1, 0.15) is 11.1 Å². The quantitative estimate of drug-likeness (QED) is 0.483. The number of nitro groups is 1. The number of nitrogens with one attached hydrogen (secondary N) is 2.